The first-order valence-corrected chi connectivity index (χ1v) is 9.94. The molecule has 2 N–H and O–H groups in total. The summed E-state index contributed by atoms with van der Waals surface area (Å²) in [6, 6.07) is 12.4. The third-order valence-electron chi connectivity index (χ3n) is 3.14. The molecule has 0 radical (unpaired) electrons. The number of carbonyl (C=O) groups is 1. The molecule has 0 bridgehead atoms. The van der Waals surface area contributed by atoms with E-state index in [1.165, 1.54) is 0 Å². The lowest BCUT2D eigenvalue weighted by atomic mass is 10.1. The molecule has 2 rings (SSSR count). The Labute approximate surface area is 140 Å². The molecule has 1 amide bonds. The third kappa shape index (κ3) is 4.74. The van der Waals surface area contributed by atoms with Crippen LogP contribution in [0.2, 0.25) is 0 Å². The van der Waals surface area contributed by atoms with Crippen LogP contribution in [0.15, 0.2) is 47.4 Å². The summed E-state index contributed by atoms with van der Waals surface area (Å²) >= 11 is 1.55. The van der Waals surface area contributed by atoms with Gasteiger partial charge in [-0.1, -0.05) is 12.1 Å². The Morgan fingerprint density at radius 2 is 1.78 bits per heavy atom. The summed E-state index contributed by atoms with van der Waals surface area (Å²) in [6.07, 6.45) is 3.03. The van der Waals surface area contributed by atoms with Crippen LogP contribution in [0.5, 0.6) is 0 Å². The Hall–Kier alpha value is -1.99. The Morgan fingerprint density at radius 3 is 2.39 bits per heavy atom. The molecule has 5 nitrogen and oxygen atoms in total. The molecule has 23 heavy (non-hydrogen) atoms. The van der Waals surface area contributed by atoms with Crippen LogP contribution in [-0.2, 0) is 10.0 Å². The lowest BCUT2D eigenvalue weighted by molar-refractivity contribution is 0.102. The van der Waals surface area contributed by atoms with Crippen LogP contribution in [0, 0.1) is 6.92 Å². The minimum Gasteiger partial charge on any atom is -0.321 e. The fourth-order valence-electron chi connectivity index (χ4n) is 2.06. The van der Waals surface area contributed by atoms with E-state index < -0.39 is 10.0 Å². The number of anilines is 2. The number of aryl methyl sites for hydroxylation is 1. The molecule has 0 aliphatic carbocycles. The van der Waals surface area contributed by atoms with E-state index in [9.17, 15) is 13.2 Å². The number of sulfonamides is 1. The van der Waals surface area contributed by atoms with E-state index in [0.717, 1.165) is 16.8 Å². The van der Waals surface area contributed by atoms with Gasteiger partial charge in [-0.3, -0.25) is 9.52 Å². The van der Waals surface area contributed by atoms with Crippen molar-refractivity contribution in [2.45, 2.75) is 11.8 Å². The highest BCUT2D eigenvalue weighted by Gasteiger charge is 2.11. The smallest absolute Gasteiger partial charge is 0.255 e. The number of nitrogens with one attached hydrogen (secondary N) is 2. The maximum atomic E-state index is 12.4. The number of para-hydroxylation sites is 1. The van der Waals surface area contributed by atoms with E-state index in [0.29, 0.717) is 16.8 Å². The van der Waals surface area contributed by atoms with Gasteiger partial charge in [0.15, 0.2) is 0 Å². The molecule has 0 atom stereocenters. The molecule has 122 valence electrons. The molecule has 7 heteroatoms. The second-order valence-corrected chi connectivity index (χ2v) is 7.65. The SMILES string of the molecule is CSc1ccccc1NC(=O)c1ccc(NS(C)(=O)=O)c(C)c1. The average Bonchev–Trinajstić information content (AvgIpc) is 2.48. The molecule has 2 aromatic carbocycles. The molecule has 0 saturated carbocycles. The first kappa shape index (κ1) is 17.4. The molecule has 0 saturated heterocycles. The first-order chi connectivity index (χ1) is 10.8. The lowest BCUT2D eigenvalue weighted by Gasteiger charge is -2.11. The second-order valence-electron chi connectivity index (χ2n) is 5.06. The normalized spacial score (nSPS) is 11.1. The fraction of sp³-hybridized carbons (Fsp3) is 0.188. The zero-order valence-electron chi connectivity index (χ0n) is 13.1. The van der Waals surface area contributed by atoms with E-state index in [2.05, 4.69) is 10.0 Å². The van der Waals surface area contributed by atoms with Gasteiger partial charge in [0.1, 0.15) is 0 Å². The van der Waals surface area contributed by atoms with Gasteiger partial charge in [-0.15, -0.1) is 11.8 Å². The standard InChI is InChI=1S/C16H18N2O3S2/c1-11-10-12(8-9-13(11)18-23(3,20)21)16(19)17-14-6-4-5-7-15(14)22-2/h4-10,18H,1-3H3,(H,17,19). The number of rotatable bonds is 5. The molecular weight excluding hydrogens is 332 g/mol. The molecule has 0 unspecified atom stereocenters. The van der Waals surface area contributed by atoms with Crippen LogP contribution < -0.4 is 10.0 Å². The van der Waals surface area contributed by atoms with Crippen molar-refractivity contribution < 1.29 is 13.2 Å². The number of hydrogen-bond acceptors (Lipinski definition) is 4. The molecule has 0 aliphatic rings. The maximum absolute atomic E-state index is 12.4. The van der Waals surface area contributed by atoms with Crippen LogP contribution in [0.4, 0.5) is 11.4 Å². The monoisotopic (exact) mass is 350 g/mol. The van der Waals surface area contributed by atoms with Gasteiger partial charge in [0.05, 0.1) is 17.6 Å². The Morgan fingerprint density at radius 1 is 1.09 bits per heavy atom. The summed E-state index contributed by atoms with van der Waals surface area (Å²) in [5.41, 5.74) is 2.37. The highest BCUT2D eigenvalue weighted by Crippen LogP contribution is 2.25. The van der Waals surface area contributed by atoms with Gasteiger partial charge in [-0.05, 0) is 49.1 Å². The predicted molar refractivity (Wildman–Crippen MR) is 95.8 cm³/mol. The summed E-state index contributed by atoms with van der Waals surface area (Å²) in [5.74, 6) is -0.236. The predicted octanol–water partition coefficient (Wildman–Crippen LogP) is 3.34. The molecule has 0 aromatic heterocycles. The van der Waals surface area contributed by atoms with Crippen molar-refractivity contribution in [2.75, 3.05) is 22.6 Å². The van der Waals surface area contributed by atoms with Crippen molar-refractivity contribution in [1.82, 2.24) is 0 Å². The van der Waals surface area contributed by atoms with Gasteiger partial charge in [0.2, 0.25) is 10.0 Å². The van der Waals surface area contributed by atoms with Gasteiger partial charge in [0.25, 0.3) is 5.91 Å². The molecule has 0 spiro atoms. The minimum absolute atomic E-state index is 0.236. The van der Waals surface area contributed by atoms with Crippen molar-refractivity contribution in [2.24, 2.45) is 0 Å². The number of carbonyl (C=O) groups excluding carboxylic acids is 1. The molecule has 0 aliphatic heterocycles. The van der Waals surface area contributed by atoms with Crippen molar-refractivity contribution in [1.29, 1.82) is 0 Å². The second kappa shape index (κ2) is 7.06. The van der Waals surface area contributed by atoms with Crippen LogP contribution in [0.1, 0.15) is 15.9 Å². The van der Waals surface area contributed by atoms with E-state index in [4.69, 9.17) is 0 Å². The lowest BCUT2D eigenvalue weighted by Crippen LogP contribution is -2.14. The first-order valence-electron chi connectivity index (χ1n) is 6.83. The van der Waals surface area contributed by atoms with Gasteiger partial charge in [-0.25, -0.2) is 8.42 Å². The molecule has 2 aromatic rings. The Balaban J connectivity index is 2.22. The van der Waals surface area contributed by atoms with E-state index in [-0.39, 0.29) is 5.91 Å². The Bertz CT molecular complexity index is 833. The maximum Gasteiger partial charge on any atom is 0.255 e. The summed E-state index contributed by atoms with van der Waals surface area (Å²) in [7, 11) is -3.34. The van der Waals surface area contributed by atoms with Crippen molar-refractivity contribution in [3.63, 3.8) is 0 Å². The van der Waals surface area contributed by atoms with Gasteiger partial charge >= 0.3 is 0 Å². The van der Waals surface area contributed by atoms with E-state index in [1.807, 2.05) is 30.5 Å². The zero-order chi connectivity index (χ0) is 17.0. The van der Waals surface area contributed by atoms with E-state index >= 15 is 0 Å². The topological polar surface area (TPSA) is 75.3 Å². The summed E-state index contributed by atoms with van der Waals surface area (Å²) in [5, 5.41) is 2.87. The number of hydrogen-bond donors (Lipinski definition) is 2. The van der Waals surface area contributed by atoms with Crippen LogP contribution in [0.3, 0.4) is 0 Å². The van der Waals surface area contributed by atoms with Crippen molar-refractivity contribution in [3.05, 3.63) is 53.6 Å². The zero-order valence-corrected chi connectivity index (χ0v) is 14.7. The van der Waals surface area contributed by atoms with Crippen LogP contribution >= 0.6 is 11.8 Å². The van der Waals surface area contributed by atoms with E-state index in [1.54, 1.807) is 36.9 Å². The van der Waals surface area contributed by atoms with Gasteiger partial charge < -0.3 is 5.32 Å². The third-order valence-corrected chi connectivity index (χ3v) is 4.53. The number of thioether (sulfide) groups is 1. The molecule has 0 heterocycles. The van der Waals surface area contributed by atoms with Crippen molar-refractivity contribution in [3.8, 4) is 0 Å². The van der Waals surface area contributed by atoms with Crippen LogP contribution in [0.25, 0.3) is 0 Å². The number of amides is 1. The van der Waals surface area contributed by atoms with Crippen LogP contribution in [-0.4, -0.2) is 26.8 Å². The molecular formula is C16H18N2O3S2. The minimum atomic E-state index is -3.34. The summed E-state index contributed by atoms with van der Waals surface area (Å²) in [4.78, 5) is 13.4. The van der Waals surface area contributed by atoms with Gasteiger partial charge in [-0.2, -0.15) is 0 Å². The highest BCUT2D eigenvalue weighted by molar-refractivity contribution is 7.98. The molecule has 0 fully saturated rings. The summed E-state index contributed by atoms with van der Waals surface area (Å²) in [6.45, 7) is 1.75. The summed E-state index contributed by atoms with van der Waals surface area (Å²) < 4.78 is 25.0. The fourth-order valence-corrected chi connectivity index (χ4v) is 3.24. The van der Waals surface area contributed by atoms with Gasteiger partial charge in [0, 0.05) is 10.5 Å². The Kier molecular flexibility index (Phi) is 5.33. The average molecular weight is 350 g/mol. The quantitative estimate of drug-likeness (QED) is 0.811. The van der Waals surface area contributed by atoms with Crippen molar-refractivity contribution >= 4 is 39.1 Å². The largest absolute Gasteiger partial charge is 0.321 e. The highest BCUT2D eigenvalue weighted by atomic mass is 32.2. The number of benzene rings is 2.